The number of nitrogens with zero attached hydrogens (tertiary/aromatic N) is 1. The van der Waals surface area contributed by atoms with Gasteiger partial charge in [-0.3, -0.25) is 4.98 Å². The first kappa shape index (κ1) is 16.6. The molecule has 1 aromatic heterocycles. The number of aromatic nitrogens is 1. The molecule has 0 bridgehead atoms. The first-order valence-electron chi connectivity index (χ1n) is 6.48. The molecule has 0 fully saturated rings. The summed E-state index contributed by atoms with van der Waals surface area (Å²) in [6.45, 7) is 0. The van der Waals surface area contributed by atoms with Crippen molar-refractivity contribution in [3.8, 4) is 0 Å². The van der Waals surface area contributed by atoms with Gasteiger partial charge in [0.05, 0.1) is 26.7 Å². The largest absolute Gasteiger partial charge is 0.417 e. The molecule has 2 aromatic carbocycles. The number of H-pyrrole nitrogens is 1. The van der Waals surface area contributed by atoms with Crippen molar-refractivity contribution < 1.29 is 12.8 Å². The molecule has 7 nitrogen and oxygen atoms in total. The molecule has 0 aliphatic heterocycles. The van der Waals surface area contributed by atoms with Gasteiger partial charge in [-0.1, -0.05) is 35.3 Å². The van der Waals surface area contributed by atoms with Gasteiger partial charge in [-0.25, -0.2) is 9.63 Å². The van der Waals surface area contributed by atoms with E-state index in [4.69, 9.17) is 27.6 Å². The van der Waals surface area contributed by atoms with E-state index >= 15 is 0 Å². The quantitative estimate of drug-likeness (QED) is 0.531. The minimum absolute atomic E-state index is 0.105. The van der Waals surface area contributed by atoms with Crippen molar-refractivity contribution in [1.82, 2.24) is 9.82 Å². The Morgan fingerprint density at radius 2 is 2.00 bits per heavy atom. The molecule has 0 aliphatic carbocycles. The van der Waals surface area contributed by atoms with Gasteiger partial charge in [0.1, 0.15) is 0 Å². The number of benzene rings is 2. The molecule has 0 saturated heterocycles. The van der Waals surface area contributed by atoms with Crippen molar-refractivity contribution >= 4 is 50.5 Å². The Morgan fingerprint density at radius 3 is 2.79 bits per heavy atom. The van der Waals surface area contributed by atoms with Gasteiger partial charge < -0.3 is 4.42 Å². The molecule has 0 spiro atoms. The van der Waals surface area contributed by atoms with E-state index in [1.165, 1.54) is 24.4 Å². The van der Waals surface area contributed by atoms with E-state index in [9.17, 15) is 13.2 Å². The molecule has 3 aromatic rings. The number of halogens is 2. The van der Waals surface area contributed by atoms with E-state index < -0.39 is 15.8 Å². The third-order valence-corrected chi connectivity index (χ3v) is 5.11. The molecule has 0 amide bonds. The second-order valence-corrected chi connectivity index (χ2v) is 7.11. The number of hydrogen-bond donors (Lipinski definition) is 2. The van der Waals surface area contributed by atoms with Gasteiger partial charge in [0, 0.05) is 11.6 Å². The van der Waals surface area contributed by atoms with Crippen molar-refractivity contribution in [3.05, 3.63) is 62.6 Å². The monoisotopic (exact) mass is 385 g/mol. The van der Waals surface area contributed by atoms with E-state index in [-0.39, 0.29) is 15.5 Å². The lowest BCUT2D eigenvalue weighted by molar-refractivity contribution is 0.553. The lowest BCUT2D eigenvalue weighted by Crippen LogP contribution is -2.18. The highest BCUT2D eigenvalue weighted by molar-refractivity contribution is 7.89. The van der Waals surface area contributed by atoms with Crippen LogP contribution < -0.4 is 10.6 Å². The fourth-order valence-electron chi connectivity index (χ4n) is 1.93. The summed E-state index contributed by atoms with van der Waals surface area (Å²) in [7, 11) is -3.94. The maximum atomic E-state index is 12.2. The molecule has 0 saturated carbocycles. The summed E-state index contributed by atoms with van der Waals surface area (Å²) in [4.78, 5) is 15.5. The highest BCUT2D eigenvalue weighted by Gasteiger charge is 2.15. The maximum Gasteiger partial charge on any atom is 0.417 e. The number of fused-ring (bicyclic) bond motifs is 1. The molecule has 124 valence electrons. The van der Waals surface area contributed by atoms with Crippen LogP contribution in [0.5, 0.6) is 0 Å². The van der Waals surface area contributed by atoms with Crippen molar-refractivity contribution in [3.63, 3.8) is 0 Å². The fraction of sp³-hybridized carbons (Fsp3) is 0. The van der Waals surface area contributed by atoms with Gasteiger partial charge in [-0.05, 0) is 18.2 Å². The number of aromatic amines is 1. The molecular formula is C14H9Cl2N3O4S. The van der Waals surface area contributed by atoms with Crippen LogP contribution in [0.3, 0.4) is 0 Å². The number of nitrogens with one attached hydrogen (secondary N) is 2. The molecule has 0 aliphatic rings. The number of hydrazone groups is 1. The van der Waals surface area contributed by atoms with Crippen LogP contribution >= 0.6 is 23.2 Å². The van der Waals surface area contributed by atoms with Gasteiger partial charge in [0.2, 0.25) is 0 Å². The first-order chi connectivity index (χ1) is 11.4. The fourth-order valence-corrected chi connectivity index (χ4v) is 3.09. The zero-order valence-corrected chi connectivity index (χ0v) is 14.1. The average molecular weight is 386 g/mol. The van der Waals surface area contributed by atoms with E-state index in [0.29, 0.717) is 16.1 Å². The highest BCUT2D eigenvalue weighted by atomic mass is 35.5. The van der Waals surface area contributed by atoms with E-state index in [1.807, 2.05) is 0 Å². The topological polar surface area (TPSA) is 105 Å². The summed E-state index contributed by atoms with van der Waals surface area (Å²) in [5, 5.41) is 4.26. The number of hydrogen-bond acceptors (Lipinski definition) is 5. The molecular weight excluding hydrogens is 377 g/mol. The van der Waals surface area contributed by atoms with Crippen LogP contribution in [0.25, 0.3) is 11.1 Å². The standard InChI is InChI=1S/C14H9Cl2N3O4S/c15-10-3-1-2-8(13(10)16)7-17-19-24(21,22)9-4-5-11-12(6-9)23-14(20)18-11/h1-7,19H,(H,18,20)/b17-7+. The van der Waals surface area contributed by atoms with E-state index in [2.05, 4.69) is 14.9 Å². The average Bonchev–Trinajstić information content (AvgIpc) is 2.90. The van der Waals surface area contributed by atoms with Crippen molar-refractivity contribution in [1.29, 1.82) is 0 Å². The minimum Gasteiger partial charge on any atom is -0.408 e. The second-order valence-electron chi connectivity index (χ2n) is 4.67. The third-order valence-electron chi connectivity index (χ3n) is 3.06. The third kappa shape index (κ3) is 3.30. The lowest BCUT2D eigenvalue weighted by atomic mass is 10.2. The molecule has 2 N–H and O–H groups in total. The van der Waals surface area contributed by atoms with Crippen LogP contribution in [0.2, 0.25) is 10.0 Å². The lowest BCUT2D eigenvalue weighted by Gasteiger charge is -2.03. The van der Waals surface area contributed by atoms with Crippen molar-refractivity contribution in [2.24, 2.45) is 5.10 Å². The van der Waals surface area contributed by atoms with Gasteiger partial charge in [0.15, 0.2) is 5.58 Å². The molecule has 3 rings (SSSR count). The summed E-state index contributed by atoms with van der Waals surface area (Å²) in [6.07, 6.45) is 1.24. The minimum atomic E-state index is -3.94. The summed E-state index contributed by atoms with van der Waals surface area (Å²) in [5.74, 6) is -0.666. The van der Waals surface area contributed by atoms with E-state index in [0.717, 1.165) is 0 Å². The smallest absolute Gasteiger partial charge is 0.408 e. The number of rotatable bonds is 4. The van der Waals surface area contributed by atoms with Crippen LogP contribution in [0.15, 0.2) is 55.6 Å². The van der Waals surface area contributed by atoms with Gasteiger partial charge in [0.25, 0.3) is 10.0 Å². The molecule has 0 unspecified atom stereocenters. The second kappa shape index (κ2) is 6.31. The predicted octanol–water partition coefficient (Wildman–Crippen LogP) is 2.74. The van der Waals surface area contributed by atoms with Gasteiger partial charge in [-0.15, -0.1) is 0 Å². The van der Waals surface area contributed by atoms with E-state index in [1.54, 1.807) is 18.2 Å². The normalized spacial score (nSPS) is 12.1. The molecule has 24 heavy (non-hydrogen) atoms. The maximum absolute atomic E-state index is 12.2. The van der Waals surface area contributed by atoms with Crippen LogP contribution in [0.4, 0.5) is 0 Å². The molecule has 0 radical (unpaired) electrons. The summed E-state index contributed by atoms with van der Waals surface area (Å²) in [5.41, 5.74) is 0.983. The molecule has 1 heterocycles. The Bertz CT molecular complexity index is 1100. The number of sulfonamides is 1. The Balaban J connectivity index is 1.85. The van der Waals surface area contributed by atoms with Gasteiger partial charge in [-0.2, -0.15) is 13.5 Å². The van der Waals surface area contributed by atoms with Crippen LogP contribution in [-0.2, 0) is 10.0 Å². The Hall–Kier alpha value is -2.29. The SMILES string of the molecule is O=c1[nH]c2ccc(S(=O)(=O)N/N=C/c3cccc(Cl)c3Cl)cc2o1. The highest BCUT2D eigenvalue weighted by Crippen LogP contribution is 2.24. The van der Waals surface area contributed by atoms with Crippen molar-refractivity contribution in [2.75, 3.05) is 0 Å². The summed E-state index contributed by atoms with van der Waals surface area (Å²) < 4.78 is 29.3. The van der Waals surface area contributed by atoms with Crippen LogP contribution in [0, 0.1) is 0 Å². The number of oxazole rings is 1. The molecule has 0 atom stereocenters. The summed E-state index contributed by atoms with van der Waals surface area (Å²) in [6, 6.07) is 8.85. The van der Waals surface area contributed by atoms with Crippen molar-refractivity contribution in [2.45, 2.75) is 4.90 Å². The predicted molar refractivity (Wildman–Crippen MR) is 91.2 cm³/mol. The van der Waals surface area contributed by atoms with Crippen LogP contribution in [0.1, 0.15) is 5.56 Å². The summed E-state index contributed by atoms with van der Waals surface area (Å²) >= 11 is 11.8. The van der Waals surface area contributed by atoms with Crippen LogP contribution in [-0.4, -0.2) is 19.6 Å². The first-order valence-corrected chi connectivity index (χ1v) is 8.72. The Kier molecular flexibility index (Phi) is 4.35. The molecule has 10 heteroatoms. The Labute approximate surface area is 145 Å². The zero-order valence-electron chi connectivity index (χ0n) is 11.8. The zero-order chi connectivity index (χ0) is 17.3. The van der Waals surface area contributed by atoms with Gasteiger partial charge >= 0.3 is 5.76 Å². The Morgan fingerprint density at radius 1 is 1.21 bits per heavy atom.